The molecule has 1 aliphatic carbocycles. The number of para-hydroxylation sites is 1. The molecule has 2 atom stereocenters. The first kappa shape index (κ1) is 9.91. The molecule has 0 spiro atoms. The van der Waals surface area contributed by atoms with Crippen LogP contribution in [0.3, 0.4) is 0 Å². The van der Waals surface area contributed by atoms with Crippen LogP contribution in [-0.2, 0) is 0 Å². The normalized spacial score (nSPS) is 27.5. The number of allylic oxidation sites excluding steroid dienone is 1. The van der Waals surface area contributed by atoms with E-state index in [0.29, 0.717) is 12.1 Å². The minimum absolute atomic E-state index is 0.365. The fraction of sp³-hybridized carbons (Fsp3) is 0.429. The first-order valence-electron chi connectivity index (χ1n) is 6.08. The highest BCUT2D eigenvalue weighted by molar-refractivity contribution is 5.39. The van der Waals surface area contributed by atoms with Gasteiger partial charge in [0.1, 0.15) is 12.4 Å². The Hall–Kier alpha value is -1.28. The monoisotopic (exact) mass is 215 g/mol. The molecule has 2 heteroatoms. The van der Waals surface area contributed by atoms with Crippen LogP contribution in [-0.4, -0.2) is 12.6 Å². The largest absolute Gasteiger partial charge is 0.491 e. The molecule has 1 heterocycles. The summed E-state index contributed by atoms with van der Waals surface area (Å²) in [5.74, 6) is 1.04. The van der Waals surface area contributed by atoms with Gasteiger partial charge in [0, 0.05) is 11.6 Å². The number of benzene rings is 1. The van der Waals surface area contributed by atoms with Crippen molar-refractivity contribution < 1.29 is 4.74 Å². The van der Waals surface area contributed by atoms with Crippen molar-refractivity contribution in [1.82, 2.24) is 5.32 Å². The molecule has 1 aromatic carbocycles. The van der Waals surface area contributed by atoms with Crippen LogP contribution in [0.5, 0.6) is 5.75 Å². The lowest BCUT2D eigenvalue weighted by Gasteiger charge is -2.21. The van der Waals surface area contributed by atoms with E-state index in [1.807, 2.05) is 12.1 Å². The Kier molecular flexibility index (Phi) is 2.66. The predicted molar refractivity (Wildman–Crippen MR) is 64.6 cm³/mol. The van der Waals surface area contributed by atoms with Crippen molar-refractivity contribution in [3.8, 4) is 5.75 Å². The van der Waals surface area contributed by atoms with E-state index in [1.165, 1.54) is 24.8 Å². The lowest BCUT2D eigenvalue weighted by atomic mass is 10.0. The Morgan fingerprint density at radius 3 is 3.06 bits per heavy atom. The second-order valence-electron chi connectivity index (χ2n) is 4.53. The Bertz CT molecular complexity index is 399. The van der Waals surface area contributed by atoms with Gasteiger partial charge in [0.25, 0.3) is 0 Å². The zero-order valence-electron chi connectivity index (χ0n) is 9.36. The molecular weight excluding hydrogens is 198 g/mol. The molecule has 0 aromatic heterocycles. The molecule has 16 heavy (non-hydrogen) atoms. The van der Waals surface area contributed by atoms with Gasteiger partial charge in [-0.2, -0.15) is 0 Å². The summed E-state index contributed by atoms with van der Waals surface area (Å²) >= 11 is 0. The highest BCUT2D eigenvalue weighted by atomic mass is 16.5. The van der Waals surface area contributed by atoms with Gasteiger partial charge < -0.3 is 10.1 Å². The molecule has 1 N–H and O–H groups in total. The summed E-state index contributed by atoms with van der Waals surface area (Å²) in [5, 5.41) is 3.66. The van der Waals surface area contributed by atoms with Crippen LogP contribution in [0.1, 0.15) is 30.9 Å². The van der Waals surface area contributed by atoms with Gasteiger partial charge in [-0.25, -0.2) is 0 Å². The summed E-state index contributed by atoms with van der Waals surface area (Å²) in [7, 11) is 0. The number of ether oxygens (including phenoxy) is 1. The predicted octanol–water partition coefficient (Wildman–Crippen LogP) is 2.82. The van der Waals surface area contributed by atoms with Crippen LogP contribution in [0.25, 0.3) is 0 Å². The van der Waals surface area contributed by atoms with E-state index in [-0.39, 0.29) is 0 Å². The van der Waals surface area contributed by atoms with Gasteiger partial charge in [0.05, 0.1) is 6.04 Å². The van der Waals surface area contributed by atoms with Crippen molar-refractivity contribution in [3.63, 3.8) is 0 Å². The van der Waals surface area contributed by atoms with Crippen LogP contribution < -0.4 is 10.1 Å². The number of hydrogen-bond donors (Lipinski definition) is 1. The first-order valence-corrected chi connectivity index (χ1v) is 6.08. The molecule has 2 nitrogen and oxygen atoms in total. The number of rotatable bonds is 2. The van der Waals surface area contributed by atoms with E-state index >= 15 is 0 Å². The maximum Gasteiger partial charge on any atom is 0.124 e. The average molecular weight is 215 g/mol. The molecule has 1 aliphatic heterocycles. The number of nitrogens with one attached hydrogen (secondary N) is 1. The van der Waals surface area contributed by atoms with E-state index in [9.17, 15) is 0 Å². The molecule has 0 saturated carbocycles. The molecule has 84 valence electrons. The minimum Gasteiger partial charge on any atom is -0.491 e. The second kappa shape index (κ2) is 4.30. The molecule has 0 saturated heterocycles. The molecule has 3 rings (SSSR count). The van der Waals surface area contributed by atoms with Gasteiger partial charge in [-0.3, -0.25) is 0 Å². The van der Waals surface area contributed by atoms with Gasteiger partial charge in [0.15, 0.2) is 0 Å². The van der Waals surface area contributed by atoms with E-state index in [0.717, 1.165) is 12.4 Å². The van der Waals surface area contributed by atoms with Gasteiger partial charge >= 0.3 is 0 Å². The summed E-state index contributed by atoms with van der Waals surface area (Å²) in [5.41, 5.74) is 1.31. The summed E-state index contributed by atoms with van der Waals surface area (Å²) in [6, 6.07) is 9.21. The fourth-order valence-electron chi connectivity index (χ4n) is 2.51. The number of hydrogen-bond acceptors (Lipinski definition) is 2. The Labute approximate surface area is 96.3 Å². The Balaban J connectivity index is 1.73. The second-order valence-corrected chi connectivity index (χ2v) is 4.53. The Morgan fingerprint density at radius 2 is 2.19 bits per heavy atom. The third-order valence-corrected chi connectivity index (χ3v) is 3.37. The summed E-state index contributed by atoms with van der Waals surface area (Å²) in [6.45, 7) is 0.768. The van der Waals surface area contributed by atoms with Crippen molar-refractivity contribution in [2.45, 2.75) is 31.3 Å². The van der Waals surface area contributed by atoms with Crippen LogP contribution >= 0.6 is 0 Å². The summed E-state index contributed by atoms with van der Waals surface area (Å²) in [4.78, 5) is 0. The average Bonchev–Trinajstić information content (AvgIpc) is 2.74. The smallest absolute Gasteiger partial charge is 0.124 e. The molecule has 0 fully saturated rings. The van der Waals surface area contributed by atoms with Crippen molar-refractivity contribution in [1.29, 1.82) is 0 Å². The third kappa shape index (κ3) is 1.85. The van der Waals surface area contributed by atoms with Crippen molar-refractivity contribution in [2.24, 2.45) is 0 Å². The SMILES string of the molecule is C1=CC(NC2COc3ccccc32)CCC1. The van der Waals surface area contributed by atoms with E-state index in [2.05, 4.69) is 29.6 Å². The van der Waals surface area contributed by atoms with Crippen LogP contribution in [0.4, 0.5) is 0 Å². The summed E-state index contributed by atoms with van der Waals surface area (Å²) in [6.07, 6.45) is 8.35. The molecule has 0 amide bonds. The molecule has 2 unspecified atom stereocenters. The van der Waals surface area contributed by atoms with Gasteiger partial charge in [-0.1, -0.05) is 30.4 Å². The maximum absolute atomic E-state index is 5.67. The molecule has 2 aliphatic rings. The van der Waals surface area contributed by atoms with Crippen LogP contribution in [0.2, 0.25) is 0 Å². The highest BCUT2D eigenvalue weighted by Gasteiger charge is 2.25. The molecule has 0 bridgehead atoms. The third-order valence-electron chi connectivity index (χ3n) is 3.37. The molecular formula is C14H17NO. The zero-order chi connectivity index (χ0) is 10.8. The lowest BCUT2D eigenvalue weighted by molar-refractivity contribution is 0.300. The van der Waals surface area contributed by atoms with E-state index < -0.39 is 0 Å². The van der Waals surface area contributed by atoms with Crippen LogP contribution in [0, 0.1) is 0 Å². The van der Waals surface area contributed by atoms with Crippen molar-refractivity contribution >= 4 is 0 Å². The summed E-state index contributed by atoms with van der Waals surface area (Å²) < 4.78 is 5.67. The van der Waals surface area contributed by atoms with Gasteiger partial charge in [-0.15, -0.1) is 0 Å². The van der Waals surface area contributed by atoms with Crippen molar-refractivity contribution in [2.75, 3.05) is 6.61 Å². The minimum atomic E-state index is 0.365. The van der Waals surface area contributed by atoms with Crippen LogP contribution in [0.15, 0.2) is 36.4 Å². The standard InChI is InChI=1S/C14H17NO/c1-2-6-11(7-3-1)15-13-10-16-14-9-5-4-8-12(13)14/h2,4-6,8-9,11,13,15H,1,3,7,10H2. The maximum atomic E-state index is 5.67. The van der Waals surface area contributed by atoms with E-state index in [4.69, 9.17) is 4.74 Å². The fourth-order valence-corrected chi connectivity index (χ4v) is 2.51. The van der Waals surface area contributed by atoms with Gasteiger partial charge in [0.2, 0.25) is 0 Å². The first-order chi connectivity index (χ1) is 7.93. The quantitative estimate of drug-likeness (QED) is 0.766. The number of fused-ring (bicyclic) bond motifs is 1. The lowest BCUT2D eigenvalue weighted by Crippen LogP contribution is -2.33. The zero-order valence-corrected chi connectivity index (χ0v) is 9.36. The highest BCUT2D eigenvalue weighted by Crippen LogP contribution is 2.32. The van der Waals surface area contributed by atoms with E-state index in [1.54, 1.807) is 0 Å². The topological polar surface area (TPSA) is 21.3 Å². The van der Waals surface area contributed by atoms with Crippen molar-refractivity contribution in [3.05, 3.63) is 42.0 Å². The molecule has 1 aromatic rings. The molecule has 0 radical (unpaired) electrons. The van der Waals surface area contributed by atoms with Gasteiger partial charge in [-0.05, 0) is 25.3 Å². The Morgan fingerprint density at radius 1 is 1.25 bits per heavy atom.